The summed E-state index contributed by atoms with van der Waals surface area (Å²) in [6, 6.07) is 5.08. The maximum Gasteiger partial charge on any atom is 0.392 e. The monoisotopic (exact) mass is 347 g/mol. The molecule has 0 saturated carbocycles. The van der Waals surface area contributed by atoms with Crippen molar-refractivity contribution in [2.75, 3.05) is 6.61 Å². The summed E-state index contributed by atoms with van der Waals surface area (Å²) in [6.45, 7) is 5.60. The fourth-order valence-electron chi connectivity index (χ4n) is 1.89. The van der Waals surface area contributed by atoms with E-state index in [0.29, 0.717) is 11.0 Å². The van der Waals surface area contributed by atoms with Gasteiger partial charge in [-0.25, -0.2) is 9.67 Å². The Labute approximate surface area is 137 Å². The third-order valence-corrected chi connectivity index (χ3v) is 3.36. The lowest BCUT2D eigenvalue weighted by atomic mass is 9.88. The second kappa shape index (κ2) is 6.39. The van der Waals surface area contributed by atoms with Gasteiger partial charge >= 0.3 is 6.18 Å². The number of ether oxygens (including phenoxy) is 1. The SMILES string of the molecule is CC(C)(C)c1ccc(-n2ccc(OCCC(F)(F)F)n2)nc1Cl. The van der Waals surface area contributed by atoms with Crippen LogP contribution in [0, 0.1) is 0 Å². The van der Waals surface area contributed by atoms with Crippen molar-refractivity contribution in [1.29, 1.82) is 0 Å². The summed E-state index contributed by atoms with van der Waals surface area (Å²) in [7, 11) is 0. The van der Waals surface area contributed by atoms with Gasteiger partial charge in [-0.05, 0) is 17.0 Å². The molecule has 0 radical (unpaired) electrons. The van der Waals surface area contributed by atoms with E-state index in [2.05, 4.69) is 10.1 Å². The number of aromatic nitrogens is 3. The molecule has 23 heavy (non-hydrogen) atoms. The Balaban J connectivity index is 2.10. The predicted octanol–water partition coefficient (Wildman–Crippen LogP) is 4.55. The van der Waals surface area contributed by atoms with Gasteiger partial charge in [0.2, 0.25) is 5.88 Å². The largest absolute Gasteiger partial charge is 0.476 e. The maximum absolute atomic E-state index is 12.1. The first-order chi connectivity index (χ1) is 10.6. The van der Waals surface area contributed by atoms with Crippen molar-refractivity contribution in [3.05, 3.63) is 35.1 Å². The molecule has 0 N–H and O–H groups in total. The fraction of sp³-hybridized carbons (Fsp3) is 0.467. The number of rotatable bonds is 4. The molecule has 126 valence electrons. The van der Waals surface area contributed by atoms with Crippen molar-refractivity contribution >= 4 is 11.6 Å². The van der Waals surface area contributed by atoms with Gasteiger partial charge in [0.15, 0.2) is 5.82 Å². The molecule has 2 aromatic rings. The molecule has 0 aliphatic carbocycles. The van der Waals surface area contributed by atoms with Crippen LogP contribution in [0.25, 0.3) is 5.82 Å². The molecule has 2 aromatic heterocycles. The lowest BCUT2D eigenvalue weighted by Crippen LogP contribution is -2.14. The van der Waals surface area contributed by atoms with E-state index in [1.54, 1.807) is 12.3 Å². The Kier molecular flexibility index (Phi) is 4.89. The van der Waals surface area contributed by atoms with Crippen LogP contribution in [-0.2, 0) is 5.41 Å². The molecule has 4 nitrogen and oxygen atoms in total. The van der Waals surface area contributed by atoms with E-state index >= 15 is 0 Å². The molecule has 0 bridgehead atoms. The summed E-state index contributed by atoms with van der Waals surface area (Å²) in [4.78, 5) is 4.27. The Morgan fingerprint density at radius 1 is 1.17 bits per heavy atom. The molecule has 2 heterocycles. The zero-order valence-corrected chi connectivity index (χ0v) is 13.7. The van der Waals surface area contributed by atoms with Gasteiger partial charge in [-0.3, -0.25) is 0 Å². The lowest BCUT2D eigenvalue weighted by molar-refractivity contribution is -0.139. The van der Waals surface area contributed by atoms with Crippen LogP contribution < -0.4 is 4.74 Å². The molecule has 2 rings (SSSR count). The zero-order chi connectivity index (χ0) is 17.3. The Morgan fingerprint density at radius 2 is 1.87 bits per heavy atom. The standard InChI is InChI=1S/C15H17ClF3N3O/c1-14(2,3)10-4-5-11(20-13(10)16)22-8-6-12(21-22)23-9-7-15(17,18)19/h4-6,8H,7,9H2,1-3H3. The van der Waals surface area contributed by atoms with E-state index < -0.39 is 19.2 Å². The fourth-order valence-corrected chi connectivity index (χ4v) is 2.33. The third kappa shape index (κ3) is 4.86. The van der Waals surface area contributed by atoms with Crippen molar-refractivity contribution < 1.29 is 17.9 Å². The van der Waals surface area contributed by atoms with Crippen LogP contribution in [0.2, 0.25) is 5.15 Å². The van der Waals surface area contributed by atoms with E-state index in [1.807, 2.05) is 26.8 Å². The average Bonchev–Trinajstić information content (AvgIpc) is 2.84. The van der Waals surface area contributed by atoms with Crippen molar-refractivity contribution in [3.8, 4) is 11.7 Å². The molecule has 0 aromatic carbocycles. The van der Waals surface area contributed by atoms with Crippen LogP contribution >= 0.6 is 11.6 Å². The van der Waals surface area contributed by atoms with Crippen LogP contribution in [0.4, 0.5) is 13.2 Å². The minimum atomic E-state index is -4.25. The van der Waals surface area contributed by atoms with E-state index in [4.69, 9.17) is 16.3 Å². The van der Waals surface area contributed by atoms with Crippen LogP contribution in [0.15, 0.2) is 24.4 Å². The molecule has 0 amide bonds. The second-order valence-corrected chi connectivity index (χ2v) is 6.43. The topological polar surface area (TPSA) is 39.9 Å². The minimum Gasteiger partial charge on any atom is -0.476 e. The molecule has 0 fully saturated rings. The van der Waals surface area contributed by atoms with Gasteiger partial charge in [0.05, 0.1) is 13.0 Å². The van der Waals surface area contributed by atoms with Gasteiger partial charge in [0.1, 0.15) is 5.15 Å². The number of alkyl halides is 3. The Hall–Kier alpha value is -1.76. The van der Waals surface area contributed by atoms with Crippen molar-refractivity contribution in [3.63, 3.8) is 0 Å². The molecular formula is C15H17ClF3N3O. The average molecular weight is 348 g/mol. The number of nitrogens with zero attached hydrogens (tertiary/aromatic N) is 3. The van der Waals surface area contributed by atoms with Gasteiger partial charge in [-0.2, -0.15) is 13.2 Å². The summed E-state index contributed by atoms with van der Waals surface area (Å²) in [6.07, 6.45) is -3.72. The van der Waals surface area contributed by atoms with E-state index in [9.17, 15) is 13.2 Å². The molecule has 0 aliphatic rings. The van der Waals surface area contributed by atoms with Gasteiger partial charge in [0, 0.05) is 12.3 Å². The van der Waals surface area contributed by atoms with Crippen molar-refractivity contribution in [1.82, 2.24) is 14.8 Å². The first-order valence-electron chi connectivity index (χ1n) is 6.99. The first kappa shape index (κ1) is 17.6. The lowest BCUT2D eigenvalue weighted by Gasteiger charge is -2.20. The molecular weight excluding hydrogens is 331 g/mol. The number of hydrogen-bond acceptors (Lipinski definition) is 3. The smallest absolute Gasteiger partial charge is 0.392 e. The number of halogens is 4. The van der Waals surface area contributed by atoms with E-state index in [1.165, 1.54) is 10.7 Å². The Bertz CT molecular complexity index is 677. The molecule has 0 atom stereocenters. The third-order valence-electron chi connectivity index (χ3n) is 3.08. The summed E-state index contributed by atoms with van der Waals surface area (Å²) in [5.74, 6) is 0.570. The molecule has 8 heteroatoms. The van der Waals surface area contributed by atoms with Gasteiger partial charge < -0.3 is 4.74 Å². The van der Waals surface area contributed by atoms with E-state index in [0.717, 1.165) is 5.56 Å². The number of pyridine rings is 1. The highest BCUT2D eigenvalue weighted by atomic mass is 35.5. The van der Waals surface area contributed by atoms with Crippen molar-refractivity contribution in [2.24, 2.45) is 0 Å². The maximum atomic E-state index is 12.1. The normalized spacial score (nSPS) is 12.5. The minimum absolute atomic E-state index is 0.104. The summed E-state index contributed by atoms with van der Waals surface area (Å²) in [5, 5.41) is 4.40. The molecule has 0 saturated heterocycles. The zero-order valence-electron chi connectivity index (χ0n) is 13.0. The van der Waals surface area contributed by atoms with Crippen molar-refractivity contribution in [2.45, 2.75) is 38.8 Å². The van der Waals surface area contributed by atoms with Gasteiger partial charge in [-0.15, -0.1) is 5.10 Å². The highest BCUT2D eigenvalue weighted by molar-refractivity contribution is 6.30. The summed E-state index contributed by atoms with van der Waals surface area (Å²) >= 11 is 6.20. The van der Waals surface area contributed by atoms with Crippen LogP contribution in [-0.4, -0.2) is 27.5 Å². The Morgan fingerprint density at radius 3 is 2.43 bits per heavy atom. The number of hydrogen-bond donors (Lipinski definition) is 0. The van der Waals surface area contributed by atoms with Crippen LogP contribution in [0.5, 0.6) is 5.88 Å². The first-order valence-corrected chi connectivity index (χ1v) is 7.37. The van der Waals surface area contributed by atoms with E-state index in [-0.39, 0.29) is 11.3 Å². The highest BCUT2D eigenvalue weighted by Crippen LogP contribution is 2.28. The summed E-state index contributed by atoms with van der Waals surface area (Å²) < 4.78 is 42.6. The highest BCUT2D eigenvalue weighted by Gasteiger charge is 2.27. The van der Waals surface area contributed by atoms with Crippen LogP contribution in [0.3, 0.4) is 0 Å². The molecule has 0 unspecified atom stereocenters. The molecule has 0 spiro atoms. The second-order valence-electron chi connectivity index (χ2n) is 6.07. The predicted molar refractivity (Wildman–Crippen MR) is 81.2 cm³/mol. The van der Waals surface area contributed by atoms with Crippen LogP contribution in [0.1, 0.15) is 32.8 Å². The van der Waals surface area contributed by atoms with Gasteiger partial charge in [0.25, 0.3) is 0 Å². The quantitative estimate of drug-likeness (QED) is 0.762. The summed E-state index contributed by atoms with van der Waals surface area (Å²) in [5.41, 5.74) is 0.759. The molecule has 0 aliphatic heterocycles. The van der Waals surface area contributed by atoms with Gasteiger partial charge in [-0.1, -0.05) is 38.4 Å².